The van der Waals surface area contributed by atoms with Crippen LogP contribution in [0.3, 0.4) is 0 Å². The molecular weight excluding hydrogens is 207 g/mol. The smallest absolute Gasteiger partial charge is 0.0651 e. The molecule has 0 bridgehead atoms. The van der Waals surface area contributed by atoms with Gasteiger partial charge in [-0.2, -0.15) is 0 Å². The highest BCUT2D eigenvalue weighted by Crippen LogP contribution is 2.46. The van der Waals surface area contributed by atoms with Crippen LogP contribution in [0.1, 0.15) is 48.5 Å². The summed E-state index contributed by atoms with van der Waals surface area (Å²) in [5.74, 6) is 0. The summed E-state index contributed by atoms with van der Waals surface area (Å²) in [6.07, 6.45) is 0.225. The molecule has 92 valence electrons. The third kappa shape index (κ3) is 3.69. The van der Waals surface area contributed by atoms with Crippen molar-refractivity contribution in [2.75, 3.05) is 6.61 Å². The van der Waals surface area contributed by atoms with E-state index in [4.69, 9.17) is 4.74 Å². The van der Waals surface area contributed by atoms with Crippen LogP contribution in [-0.4, -0.2) is 28.6 Å². The third-order valence-corrected chi connectivity index (χ3v) is 4.56. The van der Waals surface area contributed by atoms with Gasteiger partial charge in [0.05, 0.1) is 18.3 Å². The van der Waals surface area contributed by atoms with Gasteiger partial charge < -0.3 is 9.84 Å². The zero-order chi connectivity index (χ0) is 12.5. The molecule has 0 spiro atoms. The lowest BCUT2D eigenvalue weighted by atomic mass is 9.68. The minimum atomic E-state index is -0.732. The summed E-state index contributed by atoms with van der Waals surface area (Å²) in [7, 11) is 2.83. The summed E-state index contributed by atoms with van der Waals surface area (Å²) < 4.78 is 5.66. The highest BCUT2D eigenvalue weighted by atomic mass is 31.0. The van der Waals surface area contributed by atoms with Gasteiger partial charge in [0.25, 0.3) is 0 Å². The SMILES string of the molecule is CC(C)OCC(C)(P)C(C)(C)C(C)(C)O. The van der Waals surface area contributed by atoms with Crippen LogP contribution < -0.4 is 0 Å². The number of rotatable bonds is 5. The molecule has 0 aromatic carbocycles. The van der Waals surface area contributed by atoms with Gasteiger partial charge in [0.2, 0.25) is 0 Å². The summed E-state index contributed by atoms with van der Waals surface area (Å²) in [6, 6.07) is 0. The van der Waals surface area contributed by atoms with E-state index in [1.165, 1.54) is 0 Å². The summed E-state index contributed by atoms with van der Waals surface area (Å²) in [4.78, 5) is 0. The van der Waals surface area contributed by atoms with Gasteiger partial charge in [-0.1, -0.05) is 20.8 Å². The lowest BCUT2D eigenvalue weighted by Gasteiger charge is -2.49. The molecule has 0 heterocycles. The normalized spacial score (nSPS) is 18.0. The largest absolute Gasteiger partial charge is 0.390 e. The Morgan fingerprint density at radius 1 is 1.13 bits per heavy atom. The average Bonchev–Trinajstić information content (AvgIpc) is 1.98. The molecule has 0 aliphatic heterocycles. The van der Waals surface area contributed by atoms with Crippen LogP contribution in [-0.2, 0) is 4.74 Å². The Morgan fingerprint density at radius 2 is 1.53 bits per heavy atom. The van der Waals surface area contributed by atoms with E-state index in [1.807, 2.05) is 27.7 Å². The molecule has 0 saturated heterocycles. The Hall–Kier alpha value is 0.350. The second kappa shape index (κ2) is 4.69. The first-order valence-electron chi connectivity index (χ1n) is 5.54. The molecule has 2 atom stereocenters. The van der Waals surface area contributed by atoms with Crippen molar-refractivity contribution >= 4 is 9.24 Å². The van der Waals surface area contributed by atoms with Crippen molar-refractivity contribution in [2.45, 2.75) is 65.3 Å². The predicted molar refractivity (Wildman–Crippen MR) is 69.3 cm³/mol. The highest BCUT2D eigenvalue weighted by molar-refractivity contribution is 7.19. The lowest BCUT2D eigenvalue weighted by Crippen LogP contribution is -2.53. The maximum atomic E-state index is 10.2. The van der Waals surface area contributed by atoms with Gasteiger partial charge in [0.15, 0.2) is 0 Å². The Labute approximate surface area is 97.0 Å². The topological polar surface area (TPSA) is 29.5 Å². The van der Waals surface area contributed by atoms with Gasteiger partial charge in [-0.25, -0.2) is 0 Å². The fourth-order valence-electron chi connectivity index (χ4n) is 1.22. The van der Waals surface area contributed by atoms with Crippen LogP contribution in [0.5, 0.6) is 0 Å². The molecule has 0 aliphatic rings. The molecule has 0 radical (unpaired) electrons. The van der Waals surface area contributed by atoms with Crippen molar-refractivity contribution in [3.8, 4) is 0 Å². The first-order valence-corrected chi connectivity index (χ1v) is 6.12. The van der Waals surface area contributed by atoms with Crippen LogP contribution in [0.25, 0.3) is 0 Å². The summed E-state index contributed by atoms with van der Waals surface area (Å²) >= 11 is 0. The predicted octanol–water partition coefficient (Wildman–Crippen LogP) is 2.84. The average molecular weight is 234 g/mol. The maximum Gasteiger partial charge on any atom is 0.0651 e. The molecule has 0 aromatic rings. The molecule has 3 heteroatoms. The molecule has 0 aromatic heterocycles. The number of aliphatic hydroxyl groups is 1. The minimum absolute atomic E-state index is 0.143. The standard InChI is InChI=1S/C12H27O2P/c1-9(2)14-8-12(7,15)10(3,4)11(5,6)13/h9,13H,8,15H2,1-7H3. The second-order valence-electron chi connectivity index (χ2n) is 5.96. The van der Waals surface area contributed by atoms with Gasteiger partial charge in [0, 0.05) is 10.6 Å². The van der Waals surface area contributed by atoms with E-state index in [0.717, 1.165) is 0 Å². The molecule has 2 nitrogen and oxygen atoms in total. The van der Waals surface area contributed by atoms with Crippen molar-refractivity contribution in [1.82, 2.24) is 0 Å². The van der Waals surface area contributed by atoms with Gasteiger partial charge in [-0.15, -0.1) is 9.24 Å². The zero-order valence-electron chi connectivity index (χ0n) is 11.2. The molecule has 0 amide bonds. The number of ether oxygens (including phenoxy) is 1. The summed E-state index contributed by atoms with van der Waals surface area (Å²) in [6.45, 7) is 14.6. The molecule has 0 rings (SSSR count). The fourth-order valence-corrected chi connectivity index (χ4v) is 1.67. The van der Waals surface area contributed by atoms with E-state index in [0.29, 0.717) is 6.61 Å². The van der Waals surface area contributed by atoms with Crippen LogP contribution in [0.15, 0.2) is 0 Å². The van der Waals surface area contributed by atoms with Crippen molar-refractivity contribution in [3.63, 3.8) is 0 Å². The Bertz CT molecular complexity index is 202. The van der Waals surface area contributed by atoms with Crippen molar-refractivity contribution in [1.29, 1.82) is 0 Å². The summed E-state index contributed by atoms with van der Waals surface area (Å²) in [5, 5.41) is 10.0. The minimum Gasteiger partial charge on any atom is -0.390 e. The number of hydrogen-bond acceptors (Lipinski definition) is 2. The second-order valence-corrected chi connectivity index (χ2v) is 7.24. The van der Waals surface area contributed by atoms with Crippen LogP contribution in [0, 0.1) is 5.41 Å². The fraction of sp³-hybridized carbons (Fsp3) is 1.00. The molecule has 0 saturated carbocycles. The van der Waals surface area contributed by atoms with Crippen LogP contribution >= 0.6 is 9.24 Å². The quantitative estimate of drug-likeness (QED) is 0.741. The molecule has 2 unspecified atom stereocenters. The molecule has 1 N–H and O–H groups in total. The van der Waals surface area contributed by atoms with E-state index in [-0.39, 0.29) is 16.7 Å². The highest BCUT2D eigenvalue weighted by Gasteiger charge is 2.47. The van der Waals surface area contributed by atoms with Crippen molar-refractivity contribution in [2.24, 2.45) is 5.41 Å². The molecule has 0 aliphatic carbocycles. The van der Waals surface area contributed by atoms with Crippen LogP contribution in [0.4, 0.5) is 0 Å². The number of hydrogen-bond donors (Lipinski definition) is 1. The zero-order valence-corrected chi connectivity index (χ0v) is 12.4. The van der Waals surface area contributed by atoms with Crippen molar-refractivity contribution < 1.29 is 9.84 Å². The molecule has 15 heavy (non-hydrogen) atoms. The van der Waals surface area contributed by atoms with E-state index in [1.54, 1.807) is 0 Å². The molecular formula is C12H27O2P. The molecule has 0 fully saturated rings. The maximum absolute atomic E-state index is 10.2. The third-order valence-electron chi connectivity index (χ3n) is 3.67. The first-order chi connectivity index (χ1) is 6.42. The van der Waals surface area contributed by atoms with E-state index < -0.39 is 5.60 Å². The van der Waals surface area contributed by atoms with Gasteiger partial charge in [-0.05, 0) is 27.7 Å². The van der Waals surface area contributed by atoms with E-state index in [2.05, 4.69) is 30.0 Å². The van der Waals surface area contributed by atoms with E-state index in [9.17, 15) is 5.11 Å². The Balaban J connectivity index is 4.70. The van der Waals surface area contributed by atoms with Gasteiger partial charge in [0.1, 0.15) is 0 Å². The van der Waals surface area contributed by atoms with Crippen molar-refractivity contribution in [3.05, 3.63) is 0 Å². The van der Waals surface area contributed by atoms with Crippen LogP contribution in [0.2, 0.25) is 0 Å². The van der Waals surface area contributed by atoms with E-state index >= 15 is 0 Å². The van der Waals surface area contributed by atoms with Gasteiger partial charge >= 0.3 is 0 Å². The first kappa shape index (κ1) is 15.3. The monoisotopic (exact) mass is 234 g/mol. The Kier molecular flexibility index (Phi) is 4.80. The lowest BCUT2D eigenvalue weighted by molar-refractivity contribution is -0.0763. The Morgan fingerprint density at radius 3 is 1.80 bits per heavy atom. The summed E-state index contributed by atoms with van der Waals surface area (Å²) in [5.41, 5.74) is -0.969. The van der Waals surface area contributed by atoms with Gasteiger partial charge in [-0.3, -0.25) is 0 Å².